The summed E-state index contributed by atoms with van der Waals surface area (Å²) in [5.74, 6) is 2.97. The average Bonchev–Trinajstić information content (AvgIpc) is 3.07. The maximum absolute atomic E-state index is 5.36. The van der Waals surface area contributed by atoms with Crippen LogP contribution in [0.2, 0.25) is 0 Å². The maximum Gasteiger partial charge on any atom is 0.231 e. The highest BCUT2D eigenvalue weighted by Gasteiger charge is 2.12. The van der Waals surface area contributed by atoms with Gasteiger partial charge in [-0.1, -0.05) is 15.9 Å². The highest BCUT2D eigenvalue weighted by molar-refractivity contribution is 9.10. The normalized spacial score (nSPS) is 12.6. The van der Waals surface area contributed by atoms with E-state index in [-0.39, 0.29) is 6.79 Å². The van der Waals surface area contributed by atoms with Gasteiger partial charge in [-0.2, -0.15) is 0 Å². The van der Waals surface area contributed by atoms with Crippen LogP contribution in [0.5, 0.6) is 23.0 Å². The average molecular weight is 392 g/mol. The van der Waals surface area contributed by atoms with Crippen molar-refractivity contribution in [3.63, 3.8) is 0 Å². The van der Waals surface area contributed by atoms with Gasteiger partial charge in [-0.15, -0.1) is 0 Å². The summed E-state index contributed by atoms with van der Waals surface area (Å²) in [6.45, 7) is 0.950. The number of hydrogen-bond donors (Lipinski definition) is 0. The molecule has 0 amide bonds. The molecular formula is C18H18BrNO4. The first-order valence-electron chi connectivity index (χ1n) is 7.51. The lowest BCUT2D eigenvalue weighted by atomic mass is 10.1. The summed E-state index contributed by atoms with van der Waals surface area (Å²) in [7, 11) is 3.26. The third-order valence-electron chi connectivity index (χ3n) is 3.70. The largest absolute Gasteiger partial charge is 0.493 e. The van der Waals surface area contributed by atoms with Crippen LogP contribution in [-0.4, -0.2) is 33.8 Å². The molecule has 0 aliphatic carbocycles. The maximum atomic E-state index is 5.36. The first kappa shape index (κ1) is 16.6. The quantitative estimate of drug-likeness (QED) is 0.701. The molecule has 24 heavy (non-hydrogen) atoms. The van der Waals surface area contributed by atoms with E-state index in [2.05, 4.69) is 20.9 Å². The second-order valence-electron chi connectivity index (χ2n) is 5.20. The molecule has 0 saturated heterocycles. The van der Waals surface area contributed by atoms with Gasteiger partial charge in [0.2, 0.25) is 6.79 Å². The van der Waals surface area contributed by atoms with E-state index >= 15 is 0 Å². The van der Waals surface area contributed by atoms with Crippen LogP contribution >= 0.6 is 15.9 Å². The van der Waals surface area contributed by atoms with E-state index in [4.69, 9.17) is 18.9 Å². The van der Waals surface area contributed by atoms with Crippen molar-refractivity contribution in [3.8, 4) is 23.0 Å². The van der Waals surface area contributed by atoms with Crippen LogP contribution in [0.3, 0.4) is 0 Å². The monoisotopic (exact) mass is 391 g/mol. The van der Waals surface area contributed by atoms with Crippen molar-refractivity contribution in [2.75, 3.05) is 27.6 Å². The second kappa shape index (κ2) is 7.57. The van der Waals surface area contributed by atoms with Crippen LogP contribution in [-0.2, 0) is 6.42 Å². The minimum Gasteiger partial charge on any atom is -0.493 e. The zero-order chi connectivity index (χ0) is 16.9. The van der Waals surface area contributed by atoms with Crippen molar-refractivity contribution in [2.24, 2.45) is 4.99 Å². The predicted octanol–water partition coefficient (Wildman–Crippen LogP) is 3.86. The highest BCUT2D eigenvalue weighted by Crippen LogP contribution is 2.34. The molecule has 3 rings (SSSR count). The molecule has 0 saturated carbocycles. The van der Waals surface area contributed by atoms with Crippen LogP contribution in [0, 0.1) is 0 Å². The SMILES string of the molecule is COc1cc(Br)c(CCN=Cc2ccc3c(c2)OCO3)cc1OC. The molecule has 0 fully saturated rings. The molecule has 1 aliphatic heterocycles. The van der Waals surface area contributed by atoms with Gasteiger partial charge in [0.15, 0.2) is 23.0 Å². The summed E-state index contributed by atoms with van der Waals surface area (Å²) < 4.78 is 22.3. The summed E-state index contributed by atoms with van der Waals surface area (Å²) in [5, 5.41) is 0. The van der Waals surface area contributed by atoms with Crippen molar-refractivity contribution >= 4 is 22.1 Å². The lowest BCUT2D eigenvalue weighted by Crippen LogP contribution is -1.96. The molecule has 0 unspecified atom stereocenters. The van der Waals surface area contributed by atoms with E-state index in [0.717, 1.165) is 39.3 Å². The topological polar surface area (TPSA) is 49.3 Å². The van der Waals surface area contributed by atoms with Crippen LogP contribution in [0.4, 0.5) is 0 Å². The molecule has 0 radical (unpaired) electrons. The molecular weight excluding hydrogens is 374 g/mol. The molecule has 0 N–H and O–H groups in total. The second-order valence-corrected chi connectivity index (χ2v) is 6.05. The Balaban J connectivity index is 1.64. The Hall–Kier alpha value is -2.21. The van der Waals surface area contributed by atoms with Crippen molar-refractivity contribution in [3.05, 3.63) is 45.9 Å². The van der Waals surface area contributed by atoms with Gasteiger partial charge in [0.1, 0.15) is 0 Å². The number of benzene rings is 2. The lowest BCUT2D eigenvalue weighted by Gasteiger charge is -2.11. The summed E-state index contributed by atoms with van der Waals surface area (Å²) in [6.07, 6.45) is 2.64. The third kappa shape index (κ3) is 3.64. The number of ether oxygens (including phenoxy) is 4. The number of hydrogen-bond acceptors (Lipinski definition) is 5. The van der Waals surface area contributed by atoms with Gasteiger partial charge < -0.3 is 18.9 Å². The van der Waals surface area contributed by atoms with E-state index in [9.17, 15) is 0 Å². The Bertz CT molecular complexity index is 761. The first-order valence-corrected chi connectivity index (χ1v) is 8.30. The summed E-state index contributed by atoms with van der Waals surface area (Å²) in [5.41, 5.74) is 2.11. The number of nitrogens with zero attached hydrogens (tertiary/aromatic N) is 1. The molecule has 126 valence electrons. The first-order chi connectivity index (χ1) is 11.7. The lowest BCUT2D eigenvalue weighted by molar-refractivity contribution is 0.174. The number of methoxy groups -OCH3 is 2. The van der Waals surface area contributed by atoms with E-state index < -0.39 is 0 Å². The van der Waals surface area contributed by atoms with E-state index in [1.165, 1.54) is 0 Å². The van der Waals surface area contributed by atoms with Gasteiger partial charge >= 0.3 is 0 Å². The Kier molecular flexibility index (Phi) is 5.25. The third-order valence-corrected chi connectivity index (χ3v) is 4.44. The van der Waals surface area contributed by atoms with Crippen molar-refractivity contribution < 1.29 is 18.9 Å². The highest BCUT2D eigenvalue weighted by atomic mass is 79.9. The summed E-state index contributed by atoms with van der Waals surface area (Å²) in [4.78, 5) is 4.49. The van der Waals surface area contributed by atoms with Crippen molar-refractivity contribution in [2.45, 2.75) is 6.42 Å². The van der Waals surface area contributed by atoms with E-state index in [0.29, 0.717) is 12.3 Å². The fourth-order valence-corrected chi connectivity index (χ4v) is 2.96. The summed E-state index contributed by atoms with van der Waals surface area (Å²) in [6, 6.07) is 9.67. The van der Waals surface area contributed by atoms with Crippen LogP contribution in [0.1, 0.15) is 11.1 Å². The van der Waals surface area contributed by atoms with Gasteiger partial charge in [-0.05, 0) is 47.9 Å². The standard InChI is InChI=1S/C18H18BrNO4/c1-21-16-8-13(14(19)9-17(16)22-2)5-6-20-10-12-3-4-15-18(7-12)24-11-23-15/h3-4,7-10H,5-6,11H2,1-2H3. The smallest absolute Gasteiger partial charge is 0.231 e. The molecule has 0 atom stereocenters. The van der Waals surface area contributed by atoms with Gasteiger partial charge in [0.25, 0.3) is 0 Å². The van der Waals surface area contributed by atoms with Gasteiger partial charge in [-0.25, -0.2) is 0 Å². The molecule has 2 aromatic rings. The van der Waals surface area contributed by atoms with E-state index in [1.54, 1.807) is 14.2 Å². The zero-order valence-corrected chi connectivity index (χ0v) is 15.1. The minimum atomic E-state index is 0.281. The number of rotatable bonds is 6. The van der Waals surface area contributed by atoms with Gasteiger partial charge in [-0.3, -0.25) is 4.99 Å². The number of aliphatic imine (C=N–C) groups is 1. The molecule has 2 aromatic carbocycles. The van der Waals surface area contributed by atoms with E-state index in [1.807, 2.05) is 36.5 Å². The molecule has 5 nitrogen and oxygen atoms in total. The van der Waals surface area contributed by atoms with Gasteiger partial charge in [0.05, 0.1) is 14.2 Å². The minimum absolute atomic E-state index is 0.281. The molecule has 0 spiro atoms. The van der Waals surface area contributed by atoms with Crippen LogP contribution in [0.15, 0.2) is 39.8 Å². The number of halogens is 1. The number of fused-ring (bicyclic) bond motifs is 1. The van der Waals surface area contributed by atoms with Gasteiger partial charge in [0, 0.05) is 17.2 Å². The molecule has 1 aliphatic rings. The molecule has 0 aromatic heterocycles. The summed E-state index contributed by atoms with van der Waals surface area (Å²) >= 11 is 3.56. The molecule has 6 heteroatoms. The molecule has 1 heterocycles. The Labute approximate surface area is 149 Å². The Morgan fingerprint density at radius 3 is 2.62 bits per heavy atom. The molecule has 0 bridgehead atoms. The fraction of sp³-hybridized carbons (Fsp3) is 0.278. The zero-order valence-electron chi connectivity index (χ0n) is 13.5. The van der Waals surface area contributed by atoms with Crippen molar-refractivity contribution in [1.29, 1.82) is 0 Å². The fourth-order valence-electron chi connectivity index (χ4n) is 2.44. The Morgan fingerprint density at radius 2 is 1.83 bits per heavy atom. The predicted molar refractivity (Wildman–Crippen MR) is 96.0 cm³/mol. The Morgan fingerprint density at radius 1 is 1.08 bits per heavy atom. The van der Waals surface area contributed by atoms with Crippen LogP contribution < -0.4 is 18.9 Å². The van der Waals surface area contributed by atoms with Crippen molar-refractivity contribution in [1.82, 2.24) is 0 Å². The van der Waals surface area contributed by atoms with Crippen LogP contribution in [0.25, 0.3) is 0 Å².